The highest BCUT2D eigenvalue weighted by Crippen LogP contribution is 2.40. The van der Waals surface area contributed by atoms with E-state index in [9.17, 15) is 9.59 Å². The molecule has 162 valence electrons. The van der Waals surface area contributed by atoms with Crippen molar-refractivity contribution < 1.29 is 19.1 Å². The van der Waals surface area contributed by atoms with Crippen LogP contribution >= 0.6 is 34.5 Å². The molecule has 30 heavy (non-hydrogen) atoms. The number of nitrogens with one attached hydrogen (secondary N) is 1. The van der Waals surface area contributed by atoms with Crippen LogP contribution in [-0.4, -0.2) is 25.1 Å². The van der Waals surface area contributed by atoms with Gasteiger partial charge in [-0.05, 0) is 62.3 Å². The molecule has 1 aliphatic rings. The number of halogens is 2. The van der Waals surface area contributed by atoms with Gasteiger partial charge in [-0.25, -0.2) is 4.79 Å². The maximum Gasteiger partial charge on any atom is 0.341 e. The molecule has 0 fully saturated rings. The standard InChI is InChI=1S/C22H25Cl2NO4S/c1-3-28-22(27)20-15-8-6-13(2)11-18(15)30-21(20)25-19(26)5-4-10-29-17-9-7-14(23)12-16(17)24/h7,9,12-13H,3-6,8,10-11H2,1-2H3,(H,25,26). The fourth-order valence-electron chi connectivity index (χ4n) is 3.45. The lowest BCUT2D eigenvalue weighted by atomic mass is 9.88. The molecule has 1 N–H and O–H groups in total. The molecule has 0 spiro atoms. The summed E-state index contributed by atoms with van der Waals surface area (Å²) >= 11 is 13.4. The number of hydrogen-bond acceptors (Lipinski definition) is 5. The van der Waals surface area contributed by atoms with Crippen molar-refractivity contribution in [3.05, 3.63) is 44.2 Å². The van der Waals surface area contributed by atoms with Gasteiger partial charge >= 0.3 is 5.97 Å². The van der Waals surface area contributed by atoms with Crippen molar-refractivity contribution in [2.45, 2.75) is 46.0 Å². The highest BCUT2D eigenvalue weighted by Gasteiger charge is 2.29. The number of hydrogen-bond donors (Lipinski definition) is 1. The van der Waals surface area contributed by atoms with E-state index in [4.69, 9.17) is 32.7 Å². The normalized spacial score (nSPS) is 15.4. The summed E-state index contributed by atoms with van der Waals surface area (Å²) in [6.07, 6.45) is 3.59. The molecule has 1 aromatic heterocycles. The highest BCUT2D eigenvalue weighted by atomic mass is 35.5. The van der Waals surface area contributed by atoms with E-state index in [0.717, 1.165) is 24.8 Å². The second kappa shape index (κ2) is 10.5. The zero-order chi connectivity index (χ0) is 21.7. The Labute approximate surface area is 190 Å². The lowest BCUT2D eigenvalue weighted by Crippen LogP contribution is -2.17. The maximum atomic E-state index is 12.5. The molecule has 1 amide bonds. The predicted octanol–water partition coefficient (Wildman–Crippen LogP) is 6.15. The fraction of sp³-hybridized carbons (Fsp3) is 0.455. The van der Waals surface area contributed by atoms with Crippen LogP contribution in [0.1, 0.15) is 53.9 Å². The molecule has 1 aliphatic carbocycles. The van der Waals surface area contributed by atoms with Crippen molar-refractivity contribution in [3.8, 4) is 5.75 Å². The van der Waals surface area contributed by atoms with E-state index in [2.05, 4.69) is 12.2 Å². The number of amides is 1. The van der Waals surface area contributed by atoms with Crippen molar-refractivity contribution in [3.63, 3.8) is 0 Å². The molecule has 2 aromatic rings. The van der Waals surface area contributed by atoms with E-state index in [1.807, 2.05) is 0 Å². The minimum Gasteiger partial charge on any atom is -0.492 e. The summed E-state index contributed by atoms with van der Waals surface area (Å²) in [5.41, 5.74) is 1.56. The molecule has 0 radical (unpaired) electrons. The third-order valence-corrected chi connectivity index (χ3v) is 6.64. The van der Waals surface area contributed by atoms with Gasteiger partial charge in [0.15, 0.2) is 0 Å². The van der Waals surface area contributed by atoms with E-state index in [0.29, 0.717) is 51.9 Å². The topological polar surface area (TPSA) is 64.6 Å². The highest BCUT2D eigenvalue weighted by molar-refractivity contribution is 7.17. The number of anilines is 1. The Morgan fingerprint density at radius 1 is 1.30 bits per heavy atom. The Bertz CT molecular complexity index is 928. The number of thiophene rings is 1. The smallest absolute Gasteiger partial charge is 0.341 e. The monoisotopic (exact) mass is 469 g/mol. The quantitative estimate of drug-likeness (QED) is 0.371. The molecule has 8 heteroatoms. The third-order valence-electron chi connectivity index (χ3n) is 4.94. The summed E-state index contributed by atoms with van der Waals surface area (Å²) in [5.74, 6) is 0.594. The molecule has 3 rings (SSSR count). The van der Waals surface area contributed by atoms with Gasteiger partial charge in [0.1, 0.15) is 10.8 Å². The zero-order valence-electron chi connectivity index (χ0n) is 17.1. The summed E-state index contributed by atoms with van der Waals surface area (Å²) in [7, 11) is 0. The van der Waals surface area contributed by atoms with Crippen molar-refractivity contribution in [1.82, 2.24) is 0 Å². The van der Waals surface area contributed by atoms with Gasteiger partial charge in [-0.1, -0.05) is 30.1 Å². The largest absolute Gasteiger partial charge is 0.492 e. The van der Waals surface area contributed by atoms with Crippen LogP contribution in [0, 0.1) is 5.92 Å². The number of carbonyl (C=O) groups excluding carboxylic acids is 2. The molecule has 1 heterocycles. The van der Waals surface area contributed by atoms with E-state index < -0.39 is 0 Å². The molecule has 5 nitrogen and oxygen atoms in total. The Hall–Kier alpha value is -1.76. The van der Waals surface area contributed by atoms with E-state index >= 15 is 0 Å². The Balaban J connectivity index is 1.59. The minimum absolute atomic E-state index is 0.155. The number of esters is 1. The van der Waals surface area contributed by atoms with Crippen molar-refractivity contribution in [2.75, 3.05) is 18.5 Å². The lowest BCUT2D eigenvalue weighted by Gasteiger charge is -2.18. The number of benzene rings is 1. The summed E-state index contributed by atoms with van der Waals surface area (Å²) in [4.78, 5) is 26.2. The first-order valence-electron chi connectivity index (χ1n) is 10.1. The van der Waals surface area contributed by atoms with Gasteiger partial charge in [0.2, 0.25) is 5.91 Å². The molecule has 0 saturated carbocycles. The first-order chi connectivity index (χ1) is 14.4. The van der Waals surface area contributed by atoms with Gasteiger partial charge in [0.05, 0.1) is 23.8 Å². The molecule has 0 saturated heterocycles. The lowest BCUT2D eigenvalue weighted by molar-refractivity contribution is -0.116. The van der Waals surface area contributed by atoms with Crippen molar-refractivity contribution >= 4 is 51.4 Å². The van der Waals surface area contributed by atoms with Gasteiger partial charge in [0, 0.05) is 16.3 Å². The average Bonchev–Trinajstić information content (AvgIpc) is 3.03. The Kier molecular flexibility index (Phi) is 8.03. The molecule has 1 atom stereocenters. The summed E-state index contributed by atoms with van der Waals surface area (Å²) in [5, 5.41) is 4.49. The van der Waals surface area contributed by atoms with E-state index in [-0.39, 0.29) is 18.3 Å². The minimum atomic E-state index is -0.361. The van der Waals surface area contributed by atoms with Gasteiger partial charge in [-0.15, -0.1) is 11.3 Å². The Morgan fingerprint density at radius 3 is 2.83 bits per heavy atom. The third kappa shape index (κ3) is 5.68. The molecule has 0 aliphatic heterocycles. The first-order valence-corrected chi connectivity index (χ1v) is 11.7. The molecular formula is C22H25Cl2NO4S. The number of rotatable bonds is 8. The summed E-state index contributed by atoms with van der Waals surface area (Å²) < 4.78 is 10.9. The fourth-order valence-corrected chi connectivity index (χ4v) is 5.33. The van der Waals surface area contributed by atoms with Gasteiger partial charge < -0.3 is 14.8 Å². The molecule has 1 aromatic carbocycles. The zero-order valence-corrected chi connectivity index (χ0v) is 19.4. The van der Waals surface area contributed by atoms with Crippen LogP contribution in [0.4, 0.5) is 5.00 Å². The van der Waals surface area contributed by atoms with Gasteiger partial charge in [-0.2, -0.15) is 0 Å². The van der Waals surface area contributed by atoms with Gasteiger partial charge in [-0.3, -0.25) is 4.79 Å². The molecule has 0 bridgehead atoms. The second-order valence-corrected chi connectivity index (χ2v) is 9.30. The maximum absolute atomic E-state index is 12.5. The number of ether oxygens (including phenoxy) is 2. The number of fused-ring (bicyclic) bond motifs is 1. The predicted molar refractivity (Wildman–Crippen MR) is 121 cm³/mol. The molecular weight excluding hydrogens is 445 g/mol. The van der Waals surface area contributed by atoms with Crippen molar-refractivity contribution in [1.29, 1.82) is 0 Å². The SMILES string of the molecule is CCOC(=O)c1c(NC(=O)CCCOc2ccc(Cl)cc2Cl)sc2c1CCC(C)C2. The molecule has 1 unspecified atom stereocenters. The first kappa shape index (κ1) is 22.9. The average molecular weight is 470 g/mol. The van der Waals surface area contributed by atoms with Crippen LogP contribution in [0.5, 0.6) is 5.75 Å². The van der Waals surface area contributed by atoms with Crippen LogP contribution < -0.4 is 10.1 Å². The Morgan fingerprint density at radius 2 is 2.10 bits per heavy atom. The second-order valence-electron chi connectivity index (χ2n) is 7.35. The van der Waals surface area contributed by atoms with Crippen LogP contribution in [0.15, 0.2) is 18.2 Å². The summed E-state index contributed by atoms with van der Waals surface area (Å²) in [6.45, 7) is 4.64. The van der Waals surface area contributed by atoms with Crippen LogP contribution in [0.25, 0.3) is 0 Å². The van der Waals surface area contributed by atoms with E-state index in [1.165, 1.54) is 16.2 Å². The number of carbonyl (C=O) groups is 2. The van der Waals surface area contributed by atoms with E-state index in [1.54, 1.807) is 25.1 Å². The summed E-state index contributed by atoms with van der Waals surface area (Å²) in [6, 6.07) is 5.01. The van der Waals surface area contributed by atoms with Crippen LogP contribution in [0.3, 0.4) is 0 Å². The van der Waals surface area contributed by atoms with Crippen molar-refractivity contribution in [2.24, 2.45) is 5.92 Å². The van der Waals surface area contributed by atoms with Gasteiger partial charge in [0.25, 0.3) is 0 Å². The van der Waals surface area contributed by atoms with Crippen LogP contribution in [0.2, 0.25) is 10.0 Å². The van der Waals surface area contributed by atoms with Crippen LogP contribution in [-0.2, 0) is 22.4 Å².